The van der Waals surface area contributed by atoms with Crippen molar-refractivity contribution in [2.45, 2.75) is 27.2 Å². The van der Waals surface area contributed by atoms with Crippen molar-refractivity contribution in [3.8, 4) is 5.88 Å². The standard InChI is InChI=1S/C12H19N3O3/c1-4-15(7-6-11(16)17)12-13-9(3)8-10(14-12)18-5-2/h8H,4-7H2,1-3H3,(H,16,17). The van der Waals surface area contributed by atoms with Crippen LogP contribution in [0.1, 0.15) is 26.0 Å². The Labute approximate surface area is 107 Å². The fourth-order valence-electron chi connectivity index (χ4n) is 1.52. The van der Waals surface area contributed by atoms with Crippen molar-refractivity contribution >= 4 is 11.9 Å². The van der Waals surface area contributed by atoms with Crippen LogP contribution < -0.4 is 9.64 Å². The highest BCUT2D eigenvalue weighted by Gasteiger charge is 2.11. The van der Waals surface area contributed by atoms with E-state index in [4.69, 9.17) is 9.84 Å². The van der Waals surface area contributed by atoms with Crippen molar-refractivity contribution in [2.24, 2.45) is 0 Å². The highest BCUT2D eigenvalue weighted by molar-refractivity contribution is 5.67. The molecule has 0 aliphatic carbocycles. The maximum atomic E-state index is 10.6. The van der Waals surface area contributed by atoms with Crippen molar-refractivity contribution in [1.29, 1.82) is 0 Å². The number of carbonyl (C=O) groups is 1. The van der Waals surface area contributed by atoms with E-state index in [9.17, 15) is 4.79 Å². The molecule has 0 saturated heterocycles. The lowest BCUT2D eigenvalue weighted by Gasteiger charge is -2.20. The monoisotopic (exact) mass is 253 g/mol. The minimum atomic E-state index is -0.828. The average molecular weight is 253 g/mol. The first-order chi connectivity index (χ1) is 8.56. The normalized spacial score (nSPS) is 10.2. The van der Waals surface area contributed by atoms with Crippen LogP contribution in [0.4, 0.5) is 5.95 Å². The smallest absolute Gasteiger partial charge is 0.305 e. The zero-order chi connectivity index (χ0) is 13.5. The summed E-state index contributed by atoms with van der Waals surface area (Å²) in [4.78, 5) is 21.0. The molecule has 0 aliphatic rings. The average Bonchev–Trinajstić information content (AvgIpc) is 2.29. The van der Waals surface area contributed by atoms with Crippen LogP contribution in [0, 0.1) is 6.92 Å². The summed E-state index contributed by atoms with van der Waals surface area (Å²) in [5.41, 5.74) is 0.803. The highest BCUT2D eigenvalue weighted by atomic mass is 16.5. The van der Waals surface area contributed by atoms with Crippen LogP contribution in [0.3, 0.4) is 0 Å². The van der Waals surface area contributed by atoms with Crippen LogP contribution in [-0.4, -0.2) is 40.7 Å². The molecule has 0 fully saturated rings. The summed E-state index contributed by atoms with van der Waals surface area (Å²) in [5.74, 6) is 0.210. The summed E-state index contributed by atoms with van der Waals surface area (Å²) in [6.45, 7) is 7.27. The third-order valence-electron chi connectivity index (χ3n) is 2.37. The van der Waals surface area contributed by atoms with E-state index >= 15 is 0 Å². The molecule has 1 heterocycles. The second kappa shape index (κ2) is 6.78. The van der Waals surface area contributed by atoms with E-state index in [1.54, 1.807) is 6.07 Å². The second-order valence-corrected chi connectivity index (χ2v) is 3.80. The van der Waals surface area contributed by atoms with Gasteiger partial charge in [-0.2, -0.15) is 4.98 Å². The highest BCUT2D eigenvalue weighted by Crippen LogP contribution is 2.15. The van der Waals surface area contributed by atoms with Gasteiger partial charge < -0.3 is 14.7 Å². The minimum absolute atomic E-state index is 0.0646. The molecule has 0 amide bonds. The topological polar surface area (TPSA) is 75.5 Å². The van der Waals surface area contributed by atoms with Crippen molar-refractivity contribution in [3.63, 3.8) is 0 Å². The molecule has 1 aromatic heterocycles. The molecule has 0 spiro atoms. The summed E-state index contributed by atoms with van der Waals surface area (Å²) in [6.07, 6.45) is 0.0646. The molecule has 100 valence electrons. The van der Waals surface area contributed by atoms with Gasteiger partial charge in [0, 0.05) is 24.8 Å². The SMILES string of the molecule is CCOc1cc(C)nc(N(CC)CCC(=O)O)n1. The van der Waals surface area contributed by atoms with Gasteiger partial charge in [0.05, 0.1) is 13.0 Å². The molecule has 18 heavy (non-hydrogen) atoms. The molecule has 0 aromatic carbocycles. The van der Waals surface area contributed by atoms with Crippen LogP contribution >= 0.6 is 0 Å². The van der Waals surface area contributed by atoms with Gasteiger partial charge in [-0.1, -0.05) is 0 Å². The van der Waals surface area contributed by atoms with E-state index in [0.29, 0.717) is 31.5 Å². The van der Waals surface area contributed by atoms with Crippen molar-refractivity contribution in [2.75, 3.05) is 24.6 Å². The predicted octanol–water partition coefficient (Wildman–Crippen LogP) is 1.48. The lowest BCUT2D eigenvalue weighted by Crippen LogP contribution is -2.27. The summed E-state index contributed by atoms with van der Waals surface area (Å²) < 4.78 is 5.35. The number of nitrogens with zero attached hydrogens (tertiary/aromatic N) is 3. The first-order valence-electron chi connectivity index (χ1n) is 6.02. The van der Waals surface area contributed by atoms with E-state index in [-0.39, 0.29) is 6.42 Å². The van der Waals surface area contributed by atoms with Gasteiger partial charge in [0.2, 0.25) is 11.8 Å². The molecule has 1 rings (SSSR count). The van der Waals surface area contributed by atoms with Gasteiger partial charge in [-0.05, 0) is 20.8 Å². The van der Waals surface area contributed by atoms with Crippen LogP contribution in [-0.2, 0) is 4.79 Å². The summed E-state index contributed by atoms with van der Waals surface area (Å²) in [5, 5.41) is 8.71. The molecule has 6 nitrogen and oxygen atoms in total. The Bertz CT molecular complexity index is 410. The van der Waals surface area contributed by atoms with Crippen LogP contribution in [0.2, 0.25) is 0 Å². The Balaban J connectivity index is 2.86. The van der Waals surface area contributed by atoms with Gasteiger partial charge in [-0.15, -0.1) is 0 Å². The number of ether oxygens (including phenoxy) is 1. The van der Waals surface area contributed by atoms with Gasteiger partial charge in [-0.3, -0.25) is 4.79 Å². The number of hydrogen-bond donors (Lipinski definition) is 1. The molecule has 0 unspecified atom stereocenters. The number of aryl methyl sites for hydroxylation is 1. The van der Waals surface area contributed by atoms with E-state index < -0.39 is 5.97 Å². The number of aromatic nitrogens is 2. The lowest BCUT2D eigenvalue weighted by atomic mass is 10.4. The Morgan fingerprint density at radius 3 is 2.72 bits per heavy atom. The van der Waals surface area contributed by atoms with E-state index in [2.05, 4.69) is 9.97 Å². The predicted molar refractivity (Wildman–Crippen MR) is 68.1 cm³/mol. The summed E-state index contributed by atoms with van der Waals surface area (Å²) in [7, 11) is 0. The maximum absolute atomic E-state index is 10.6. The quantitative estimate of drug-likeness (QED) is 0.793. The largest absolute Gasteiger partial charge is 0.481 e. The van der Waals surface area contributed by atoms with Crippen LogP contribution in [0.15, 0.2) is 6.07 Å². The number of carboxylic acids is 1. The molecular formula is C12H19N3O3. The molecule has 0 atom stereocenters. The molecule has 6 heteroatoms. The van der Waals surface area contributed by atoms with Gasteiger partial charge in [0.1, 0.15) is 0 Å². The Morgan fingerprint density at radius 1 is 1.44 bits per heavy atom. The Hall–Kier alpha value is -1.85. The Kier molecular flexibility index (Phi) is 5.35. The molecular weight excluding hydrogens is 234 g/mol. The molecule has 0 aliphatic heterocycles. The molecule has 0 radical (unpaired) electrons. The first kappa shape index (κ1) is 14.2. The zero-order valence-corrected chi connectivity index (χ0v) is 11.0. The fraction of sp³-hybridized carbons (Fsp3) is 0.583. The van der Waals surface area contributed by atoms with Crippen molar-refractivity contribution in [3.05, 3.63) is 11.8 Å². The summed E-state index contributed by atoms with van der Waals surface area (Å²) in [6, 6.07) is 1.76. The third kappa shape index (κ3) is 4.20. The number of hydrogen-bond acceptors (Lipinski definition) is 5. The molecule has 1 N–H and O–H groups in total. The van der Waals surface area contributed by atoms with Crippen molar-refractivity contribution in [1.82, 2.24) is 9.97 Å². The third-order valence-corrected chi connectivity index (χ3v) is 2.37. The molecule has 0 saturated carbocycles. The number of rotatable bonds is 7. The maximum Gasteiger partial charge on any atom is 0.305 e. The van der Waals surface area contributed by atoms with Crippen molar-refractivity contribution < 1.29 is 14.6 Å². The van der Waals surface area contributed by atoms with Gasteiger partial charge in [0.15, 0.2) is 0 Å². The van der Waals surface area contributed by atoms with Crippen LogP contribution in [0.25, 0.3) is 0 Å². The number of aliphatic carboxylic acids is 1. The second-order valence-electron chi connectivity index (χ2n) is 3.80. The minimum Gasteiger partial charge on any atom is -0.481 e. The van der Waals surface area contributed by atoms with Crippen LogP contribution in [0.5, 0.6) is 5.88 Å². The van der Waals surface area contributed by atoms with Gasteiger partial charge >= 0.3 is 5.97 Å². The number of carboxylic acid groups (broad SMARTS) is 1. The summed E-state index contributed by atoms with van der Waals surface area (Å²) >= 11 is 0. The fourth-order valence-corrected chi connectivity index (χ4v) is 1.52. The molecule has 1 aromatic rings. The first-order valence-corrected chi connectivity index (χ1v) is 6.02. The number of anilines is 1. The van der Waals surface area contributed by atoms with Gasteiger partial charge in [0.25, 0.3) is 0 Å². The van der Waals surface area contributed by atoms with E-state index in [1.165, 1.54) is 0 Å². The Morgan fingerprint density at radius 2 is 2.17 bits per heavy atom. The zero-order valence-electron chi connectivity index (χ0n) is 11.0. The molecule has 0 bridgehead atoms. The lowest BCUT2D eigenvalue weighted by molar-refractivity contribution is -0.136. The van der Waals surface area contributed by atoms with E-state index in [0.717, 1.165) is 5.69 Å². The van der Waals surface area contributed by atoms with Gasteiger partial charge in [-0.25, -0.2) is 4.98 Å². The van der Waals surface area contributed by atoms with E-state index in [1.807, 2.05) is 25.7 Å².